The zero-order chi connectivity index (χ0) is 46.5. The van der Waals surface area contributed by atoms with Gasteiger partial charge >= 0.3 is 23.9 Å². The third-order valence-corrected chi connectivity index (χ3v) is 11.3. The van der Waals surface area contributed by atoms with Crippen LogP contribution in [0.2, 0.25) is 0 Å². The number of carboxylic acid groups (broad SMARTS) is 3. The lowest BCUT2D eigenvalue weighted by atomic mass is 9.81. The van der Waals surface area contributed by atoms with Gasteiger partial charge in [-0.1, -0.05) is 0 Å². The number of pyridine rings is 1. The Bertz CT molecular complexity index is 1900. The molecule has 2 heterocycles. The Labute approximate surface area is 370 Å². The van der Waals surface area contributed by atoms with E-state index in [4.69, 9.17) is 19.3 Å². The highest BCUT2D eigenvalue weighted by atomic mass is 16.5. The van der Waals surface area contributed by atoms with E-state index >= 15 is 0 Å². The van der Waals surface area contributed by atoms with Crippen LogP contribution < -0.4 is 31.9 Å². The molecule has 0 spiro atoms. The Morgan fingerprint density at radius 3 is 2.11 bits per heavy atom. The molecule has 64 heavy (non-hydrogen) atoms. The minimum atomic E-state index is -1.53. The van der Waals surface area contributed by atoms with Crippen molar-refractivity contribution in [1.29, 1.82) is 0 Å². The van der Waals surface area contributed by atoms with Crippen LogP contribution in [0.25, 0.3) is 11.0 Å². The van der Waals surface area contributed by atoms with Crippen molar-refractivity contribution in [2.75, 3.05) is 59.3 Å². The van der Waals surface area contributed by atoms with Gasteiger partial charge in [0.25, 0.3) is 0 Å². The second kappa shape index (κ2) is 26.0. The summed E-state index contributed by atoms with van der Waals surface area (Å²) in [6, 6.07) is -0.296. The molecule has 2 aromatic rings. The summed E-state index contributed by atoms with van der Waals surface area (Å²) < 4.78 is 16.3. The molecule has 10 N–H and O–H groups in total. The Morgan fingerprint density at radius 2 is 1.45 bits per heavy atom. The summed E-state index contributed by atoms with van der Waals surface area (Å²) in [5.74, 6) is -5.39. The molecule has 22 heteroatoms. The first-order valence-electron chi connectivity index (χ1n) is 21.7. The topological polar surface area (TPSA) is 326 Å². The van der Waals surface area contributed by atoms with Crippen LogP contribution in [0.3, 0.4) is 0 Å². The van der Waals surface area contributed by atoms with Crippen LogP contribution >= 0.6 is 0 Å². The average Bonchev–Trinajstić information content (AvgIpc) is 3.82. The first-order valence-corrected chi connectivity index (χ1v) is 21.7. The van der Waals surface area contributed by atoms with E-state index in [2.05, 4.69) is 41.9 Å². The van der Waals surface area contributed by atoms with Gasteiger partial charge in [-0.25, -0.2) is 19.4 Å². The van der Waals surface area contributed by atoms with Gasteiger partial charge in [-0.05, 0) is 81.4 Å². The number of amides is 6. The number of hydrogen-bond donors (Lipinski definition) is 10. The molecule has 2 aliphatic carbocycles. The zero-order valence-electron chi connectivity index (χ0n) is 36.1. The molecule has 6 amide bonds. The molecule has 4 rings (SSSR count). The van der Waals surface area contributed by atoms with Crippen molar-refractivity contribution in [3.05, 3.63) is 30.1 Å². The van der Waals surface area contributed by atoms with E-state index in [0.29, 0.717) is 77.5 Å². The molecule has 0 bridgehead atoms. The first-order chi connectivity index (χ1) is 30.7. The Hall–Kier alpha value is -5.87. The number of urea groups is 1. The number of carbonyl (C=O) groups is 8. The lowest BCUT2D eigenvalue weighted by molar-refractivity contribution is -0.141. The fourth-order valence-corrected chi connectivity index (χ4v) is 7.63. The lowest BCUT2D eigenvalue weighted by Gasteiger charge is -2.29. The summed E-state index contributed by atoms with van der Waals surface area (Å²) in [6.45, 7) is 4.66. The molecule has 2 aliphatic rings. The van der Waals surface area contributed by atoms with Gasteiger partial charge in [0, 0.05) is 69.0 Å². The van der Waals surface area contributed by atoms with Crippen LogP contribution in [0.1, 0.15) is 89.0 Å². The summed E-state index contributed by atoms with van der Waals surface area (Å²) in [5, 5.41) is 44.5. The lowest BCUT2D eigenvalue weighted by Crippen LogP contribution is -2.52. The Balaban J connectivity index is 1.19. The second-order valence-electron chi connectivity index (χ2n) is 16.0. The summed E-state index contributed by atoms with van der Waals surface area (Å²) in [4.78, 5) is 105. The number of unbranched alkanes of at least 4 members (excludes halogenated alkanes) is 1. The van der Waals surface area contributed by atoms with Gasteiger partial charge < -0.3 is 66.4 Å². The highest BCUT2D eigenvalue weighted by Gasteiger charge is 2.62. The van der Waals surface area contributed by atoms with Crippen LogP contribution in [-0.2, 0) is 47.8 Å². The van der Waals surface area contributed by atoms with Gasteiger partial charge in [-0.2, -0.15) is 0 Å². The van der Waals surface area contributed by atoms with Gasteiger partial charge in [-0.3, -0.25) is 24.0 Å². The third kappa shape index (κ3) is 16.7. The van der Waals surface area contributed by atoms with E-state index in [1.165, 1.54) is 6.92 Å². The minimum Gasteiger partial charge on any atom is -0.481 e. The Morgan fingerprint density at radius 1 is 0.797 bits per heavy atom. The van der Waals surface area contributed by atoms with Crippen LogP contribution in [0.15, 0.2) is 24.5 Å². The van der Waals surface area contributed by atoms with Gasteiger partial charge in [0.2, 0.25) is 23.6 Å². The number of carbonyl (C=O) groups excluding carboxylic acids is 5. The van der Waals surface area contributed by atoms with Gasteiger partial charge in [-0.15, -0.1) is 0 Å². The van der Waals surface area contributed by atoms with Crippen LogP contribution in [0.5, 0.6) is 0 Å². The standard InChI is InChI=1S/C42H62N8O14/c1-26(51)43-16-18-63-20-22-64-21-19-62-17-13-34(52)46-24-27-7-9-28(10-8-27)37(55)50-42(23-31(42)30-25-47-36-29(30)5-4-15-44-36)40(60)45-14-3-2-6-32(38(56)57)48-41(61)49-33(39(58)59)11-12-35(53)54/h4-5,15,25,27-28,31-33H,2-3,6-14,16-24H2,1H3,(H,43,51)(H,44,47)(H,45,60)(H,46,52)(H,50,55)(H,53,54)(H,56,57)(H,58,59)(H2,48,49,61)/t27?,28?,31?,32-,33-,42?/m0/s1. The fourth-order valence-electron chi connectivity index (χ4n) is 7.63. The number of fused-ring (bicyclic) bond motifs is 1. The van der Waals surface area contributed by atoms with Crippen molar-refractivity contribution >= 4 is 58.6 Å². The minimum absolute atomic E-state index is 0.0441. The molecule has 2 fully saturated rings. The number of nitrogens with one attached hydrogen (secondary N) is 7. The van der Waals surface area contributed by atoms with E-state index in [-0.39, 0.29) is 73.8 Å². The van der Waals surface area contributed by atoms with Crippen molar-refractivity contribution in [1.82, 2.24) is 41.9 Å². The largest absolute Gasteiger partial charge is 0.481 e. The van der Waals surface area contributed by atoms with E-state index in [1.807, 2.05) is 6.07 Å². The van der Waals surface area contributed by atoms with Gasteiger partial charge in [0.15, 0.2) is 0 Å². The van der Waals surface area contributed by atoms with E-state index in [1.54, 1.807) is 18.5 Å². The normalized spacial score (nSPS) is 20.0. The molecule has 22 nitrogen and oxygen atoms in total. The number of rotatable bonds is 30. The molecular weight excluding hydrogens is 841 g/mol. The molecular formula is C42H62N8O14. The molecule has 0 saturated heterocycles. The zero-order valence-corrected chi connectivity index (χ0v) is 36.1. The third-order valence-electron chi connectivity index (χ3n) is 11.3. The molecule has 0 aromatic carbocycles. The molecule has 2 unspecified atom stereocenters. The maximum Gasteiger partial charge on any atom is 0.326 e. The number of aromatic amines is 1. The molecule has 4 atom stereocenters. The quantitative estimate of drug-likeness (QED) is 0.0484. The average molecular weight is 903 g/mol. The van der Waals surface area contributed by atoms with Gasteiger partial charge in [0.05, 0.1) is 39.6 Å². The summed E-state index contributed by atoms with van der Waals surface area (Å²) >= 11 is 0. The van der Waals surface area contributed by atoms with Crippen molar-refractivity contribution in [2.45, 2.75) is 101 Å². The predicted molar refractivity (Wildman–Crippen MR) is 227 cm³/mol. The fraction of sp³-hybridized carbons (Fsp3) is 0.643. The van der Waals surface area contributed by atoms with Gasteiger partial charge in [0.1, 0.15) is 23.3 Å². The number of aromatic nitrogens is 2. The molecule has 2 aromatic heterocycles. The second-order valence-corrected chi connectivity index (χ2v) is 16.0. The summed E-state index contributed by atoms with van der Waals surface area (Å²) in [5.41, 5.74) is 0.268. The van der Waals surface area contributed by atoms with Crippen LogP contribution in [-0.4, -0.2) is 150 Å². The van der Waals surface area contributed by atoms with Crippen molar-refractivity contribution in [3.8, 4) is 0 Å². The molecule has 0 aliphatic heterocycles. The van der Waals surface area contributed by atoms with Crippen molar-refractivity contribution in [3.63, 3.8) is 0 Å². The van der Waals surface area contributed by atoms with E-state index in [9.17, 15) is 48.6 Å². The van der Waals surface area contributed by atoms with E-state index < -0.39 is 54.4 Å². The number of hydrogen-bond acceptors (Lipinski definition) is 12. The highest BCUT2D eigenvalue weighted by molar-refractivity contribution is 5.98. The smallest absolute Gasteiger partial charge is 0.326 e. The summed E-state index contributed by atoms with van der Waals surface area (Å²) in [6.07, 6.45) is 6.25. The maximum atomic E-state index is 13.9. The monoisotopic (exact) mass is 902 g/mol. The van der Waals surface area contributed by atoms with Crippen molar-refractivity contribution in [2.24, 2.45) is 11.8 Å². The van der Waals surface area contributed by atoms with E-state index in [0.717, 1.165) is 23.8 Å². The predicted octanol–water partition coefficient (Wildman–Crippen LogP) is 0.761. The van der Waals surface area contributed by atoms with Crippen LogP contribution in [0, 0.1) is 11.8 Å². The Kier molecular flexibility index (Phi) is 20.7. The molecule has 2 saturated carbocycles. The SMILES string of the molecule is CC(=O)NCCOCCOCCOCCC(=O)NCC1CCC(C(=O)NC2(C(=O)NCCCC[C@H](NC(=O)N[C@@H](CCC(=O)O)C(=O)O)C(=O)O)CC2c2c[nH]c3ncccc23)CC1. The molecule has 354 valence electrons. The number of aliphatic carboxylic acids is 3. The molecule has 0 radical (unpaired) electrons. The van der Waals surface area contributed by atoms with Crippen molar-refractivity contribution < 1.29 is 67.9 Å². The number of nitrogens with zero attached hydrogens (tertiary/aromatic N) is 1. The number of carboxylic acids is 3. The first kappa shape index (κ1) is 50.8. The summed E-state index contributed by atoms with van der Waals surface area (Å²) in [7, 11) is 0. The number of H-pyrrole nitrogens is 1. The highest BCUT2D eigenvalue weighted by Crippen LogP contribution is 2.53. The van der Waals surface area contributed by atoms with Crippen LogP contribution in [0.4, 0.5) is 4.79 Å². The maximum absolute atomic E-state index is 13.9. The number of ether oxygens (including phenoxy) is 3.